The Morgan fingerprint density at radius 2 is 2.00 bits per heavy atom. The normalized spacial score (nSPS) is 11.0. The Balaban J connectivity index is 2.07. The van der Waals surface area contributed by atoms with E-state index in [-0.39, 0.29) is 5.95 Å². The molecule has 0 unspecified atom stereocenters. The van der Waals surface area contributed by atoms with Crippen LogP contribution in [0.25, 0.3) is 11.3 Å². The fraction of sp³-hybridized carbons (Fsp3) is 0.286. The van der Waals surface area contributed by atoms with Crippen molar-refractivity contribution >= 4 is 17.9 Å². The number of carbonyl (C=O) groups excluding carboxylic acids is 1. The summed E-state index contributed by atoms with van der Waals surface area (Å²) in [5, 5.41) is 2.56. The Morgan fingerprint density at radius 3 is 2.57 bits per heavy atom. The molecule has 2 rings (SSSR count). The van der Waals surface area contributed by atoms with Crippen molar-refractivity contribution in [2.45, 2.75) is 26.4 Å². The van der Waals surface area contributed by atoms with Crippen molar-refractivity contribution in [3.8, 4) is 11.3 Å². The van der Waals surface area contributed by atoms with E-state index in [4.69, 9.17) is 10.5 Å². The molecule has 0 fully saturated rings. The smallest absolute Gasteiger partial charge is 0.413 e. The highest BCUT2D eigenvalue weighted by atomic mass is 16.6. The largest absolute Gasteiger partial charge is 0.444 e. The van der Waals surface area contributed by atoms with Crippen molar-refractivity contribution in [3.63, 3.8) is 0 Å². The van der Waals surface area contributed by atoms with Crippen LogP contribution in [0, 0.1) is 0 Å². The van der Waals surface area contributed by atoms with Crippen LogP contribution in [0.2, 0.25) is 0 Å². The number of amides is 1. The van der Waals surface area contributed by atoms with Crippen LogP contribution in [0.3, 0.4) is 0 Å². The molecule has 0 bridgehead atoms. The number of hydrogen-bond acceptors (Lipinski definition) is 6. The Hall–Kier alpha value is -2.70. The molecule has 0 aromatic carbocycles. The van der Waals surface area contributed by atoms with E-state index in [1.54, 1.807) is 51.4 Å². The van der Waals surface area contributed by atoms with E-state index in [0.717, 1.165) is 5.56 Å². The van der Waals surface area contributed by atoms with E-state index in [9.17, 15) is 4.79 Å². The molecular formula is C14H17N5O2. The fourth-order valence-electron chi connectivity index (χ4n) is 1.56. The van der Waals surface area contributed by atoms with Crippen LogP contribution in [0.4, 0.5) is 16.6 Å². The van der Waals surface area contributed by atoms with Gasteiger partial charge < -0.3 is 10.5 Å². The van der Waals surface area contributed by atoms with Crippen molar-refractivity contribution < 1.29 is 9.53 Å². The van der Waals surface area contributed by atoms with Crippen LogP contribution < -0.4 is 11.1 Å². The summed E-state index contributed by atoms with van der Waals surface area (Å²) in [7, 11) is 0. The maximum absolute atomic E-state index is 11.6. The molecule has 0 spiro atoms. The first-order valence-corrected chi connectivity index (χ1v) is 6.38. The maximum Gasteiger partial charge on any atom is 0.413 e. The molecule has 7 nitrogen and oxygen atoms in total. The van der Waals surface area contributed by atoms with Crippen molar-refractivity contribution in [3.05, 3.63) is 30.6 Å². The highest BCUT2D eigenvalue weighted by Crippen LogP contribution is 2.18. The van der Waals surface area contributed by atoms with E-state index < -0.39 is 11.7 Å². The number of aromatic nitrogens is 3. The van der Waals surface area contributed by atoms with Crippen molar-refractivity contribution in [1.82, 2.24) is 15.0 Å². The van der Waals surface area contributed by atoms with Gasteiger partial charge in [-0.25, -0.2) is 19.7 Å². The summed E-state index contributed by atoms with van der Waals surface area (Å²) < 4.78 is 5.15. The molecule has 3 N–H and O–H groups in total. The zero-order valence-corrected chi connectivity index (χ0v) is 12.1. The first-order valence-electron chi connectivity index (χ1n) is 6.38. The number of anilines is 2. The second-order valence-electron chi connectivity index (χ2n) is 5.36. The fourth-order valence-corrected chi connectivity index (χ4v) is 1.56. The monoisotopic (exact) mass is 287 g/mol. The van der Waals surface area contributed by atoms with Gasteiger partial charge in [-0.05, 0) is 39.0 Å². The molecule has 2 aromatic rings. The van der Waals surface area contributed by atoms with E-state index >= 15 is 0 Å². The van der Waals surface area contributed by atoms with Crippen LogP contribution >= 0.6 is 0 Å². The van der Waals surface area contributed by atoms with Crippen molar-refractivity contribution in [2.24, 2.45) is 0 Å². The number of nitrogen functional groups attached to an aromatic ring is 1. The topological polar surface area (TPSA) is 103 Å². The van der Waals surface area contributed by atoms with E-state index in [1.165, 1.54) is 0 Å². The van der Waals surface area contributed by atoms with Crippen LogP contribution in [0.1, 0.15) is 20.8 Å². The average Bonchev–Trinajstić information content (AvgIpc) is 2.37. The molecule has 2 aromatic heterocycles. The quantitative estimate of drug-likeness (QED) is 0.879. The van der Waals surface area contributed by atoms with E-state index in [1.807, 2.05) is 0 Å². The van der Waals surface area contributed by atoms with Crippen LogP contribution in [0.15, 0.2) is 30.6 Å². The highest BCUT2D eigenvalue weighted by molar-refractivity contribution is 5.83. The number of nitrogens with two attached hydrogens (primary N) is 1. The second kappa shape index (κ2) is 5.74. The van der Waals surface area contributed by atoms with Gasteiger partial charge in [-0.2, -0.15) is 0 Å². The second-order valence-corrected chi connectivity index (χ2v) is 5.36. The first-order chi connectivity index (χ1) is 9.83. The van der Waals surface area contributed by atoms with Gasteiger partial charge in [0.15, 0.2) is 0 Å². The van der Waals surface area contributed by atoms with Gasteiger partial charge in [-0.15, -0.1) is 0 Å². The lowest BCUT2D eigenvalue weighted by Crippen LogP contribution is -2.27. The SMILES string of the molecule is CC(C)(C)OC(=O)Nc1ccc(-c2ccnc(N)n2)cn1. The van der Waals surface area contributed by atoms with Gasteiger partial charge in [-0.3, -0.25) is 5.32 Å². The molecule has 0 aliphatic rings. The minimum atomic E-state index is -0.553. The van der Waals surface area contributed by atoms with E-state index in [2.05, 4.69) is 20.3 Å². The molecule has 21 heavy (non-hydrogen) atoms. The lowest BCUT2D eigenvalue weighted by molar-refractivity contribution is 0.0635. The van der Waals surface area contributed by atoms with Crippen LogP contribution in [0.5, 0.6) is 0 Å². The van der Waals surface area contributed by atoms with Crippen molar-refractivity contribution in [2.75, 3.05) is 11.1 Å². The third-order valence-corrected chi connectivity index (χ3v) is 2.36. The van der Waals surface area contributed by atoms with Gasteiger partial charge in [-0.1, -0.05) is 0 Å². The molecule has 0 saturated carbocycles. The summed E-state index contributed by atoms with van der Waals surface area (Å²) in [6, 6.07) is 5.17. The number of ether oxygens (including phenoxy) is 1. The Kier molecular flexibility index (Phi) is 4.02. The molecule has 2 heterocycles. The summed E-state index contributed by atoms with van der Waals surface area (Å²) in [6.07, 6.45) is 2.62. The predicted octanol–water partition coefficient (Wildman–Crippen LogP) is 2.47. The number of nitrogens with zero attached hydrogens (tertiary/aromatic N) is 3. The third-order valence-electron chi connectivity index (χ3n) is 2.36. The molecule has 0 radical (unpaired) electrons. The third kappa shape index (κ3) is 4.41. The molecule has 110 valence electrons. The Bertz CT molecular complexity index is 635. The summed E-state index contributed by atoms with van der Waals surface area (Å²) in [6.45, 7) is 5.38. The number of hydrogen-bond donors (Lipinski definition) is 2. The zero-order valence-electron chi connectivity index (χ0n) is 12.1. The lowest BCUT2D eigenvalue weighted by Gasteiger charge is -2.19. The Labute approximate surface area is 122 Å². The van der Waals surface area contributed by atoms with Gasteiger partial charge >= 0.3 is 6.09 Å². The van der Waals surface area contributed by atoms with Gasteiger partial charge in [0.25, 0.3) is 0 Å². The molecule has 0 saturated heterocycles. The molecule has 0 aliphatic carbocycles. The highest BCUT2D eigenvalue weighted by Gasteiger charge is 2.16. The molecule has 7 heteroatoms. The van der Waals surface area contributed by atoms with Gasteiger partial charge in [0.1, 0.15) is 11.4 Å². The average molecular weight is 287 g/mol. The maximum atomic E-state index is 11.6. The van der Waals surface area contributed by atoms with Crippen LogP contribution in [-0.4, -0.2) is 26.6 Å². The summed E-state index contributed by atoms with van der Waals surface area (Å²) in [5.74, 6) is 0.596. The predicted molar refractivity (Wildman–Crippen MR) is 79.5 cm³/mol. The minimum absolute atomic E-state index is 0.198. The summed E-state index contributed by atoms with van der Waals surface area (Å²) in [4.78, 5) is 23.7. The Morgan fingerprint density at radius 1 is 1.24 bits per heavy atom. The zero-order chi connectivity index (χ0) is 15.5. The molecule has 1 amide bonds. The summed E-state index contributed by atoms with van der Waals surface area (Å²) in [5.41, 5.74) is 6.42. The standard InChI is InChI=1S/C14H17N5O2/c1-14(2,3)21-13(20)19-11-5-4-9(8-17-11)10-6-7-16-12(15)18-10/h4-8H,1-3H3,(H2,15,16,18)(H,17,19,20). The van der Waals surface area contributed by atoms with E-state index in [0.29, 0.717) is 11.5 Å². The number of pyridine rings is 1. The first kappa shape index (κ1) is 14.7. The van der Waals surface area contributed by atoms with Crippen molar-refractivity contribution in [1.29, 1.82) is 0 Å². The number of rotatable bonds is 2. The molecular weight excluding hydrogens is 270 g/mol. The van der Waals surface area contributed by atoms with Gasteiger partial charge in [0, 0.05) is 18.0 Å². The van der Waals surface area contributed by atoms with Crippen LogP contribution in [-0.2, 0) is 4.74 Å². The summed E-state index contributed by atoms with van der Waals surface area (Å²) >= 11 is 0. The van der Waals surface area contributed by atoms with Gasteiger partial charge in [0.2, 0.25) is 5.95 Å². The minimum Gasteiger partial charge on any atom is -0.444 e. The molecule has 0 aliphatic heterocycles. The number of nitrogens with one attached hydrogen (secondary N) is 1. The molecule has 0 atom stereocenters. The lowest BCUT2D eigenvalue weighted by atomic mass is 10.2. The number of carbonyl (C=O) groups is 1. The van der Waals surface area contributed by atoms with Gasteiger partial charge in [0.05, 0.1) is 5.69 Å².